The van der Waals surface area contributed by atoms with Gasteiger partial charge in [0.25, 0.3) is 10.1 Å². The van der Waals surface area contributed by atoms with Gasteiger partial charge in [-0.15, -0.1) is 0 Å². The van der Waals surface area contributed by atoms with Crippen molar-refractivity contribution in [3.63, 3.8) is 0 Å². The summed E-state index contributed by atoms with van der Waals surface area (Å²) < 4.78 is 32.3. The molecule has 0 saturated heterocycles. The fourth-order valence-electron chi connectivity index (χ4n) is 1.73. The second kappa shape index (κ2) is 7.60. The SMILES string of the molecule is CC(C)(C)OC(=O)NC(COS(C)(=O)=O)Cc1ccccc1. The minimum absolute atomic E-state index is 0.146. The molecule has 124 valence electrons. The highest BCUT2D eigenvalue weighted by atomic mass is 32.2. The van der Waals surface area contributed by atoms with E-state index >= 15 is 0 Å². The minimum atomic E-state index is -3.57. The molecule has 0 heterocycles. The van der Waals surface area contributed by atoms with E-state index in [2.05, 4.69) is 5.32 Å². The Balaban J connectivity index is 2.71. The van der Waals surface area contributed by atoms with Gasteiger partial charge in [-0.1, -0.05) is 30.3 Å². The number of carbonyl (C=O) groups is 1. The summed E-state index contributed by atoms with van der Waals surface area (Å²) in [6, 6.07) is 8.91. The molecule has 6 nitrogen and oxygen atoms in total. The van der Waals surface area contributed by atoms with Crippen LogP contribution < -0.4 is 5.32 Å². The molecule has 0 aliphatic heterocycles. The first-order valence-electron chi connectivity index (χ1n) is 6.93. The molecule has 1 unspecified atom stereocenters. The fraction of sp³-hybridized carbons (Fsp3) is 0.533. The summed E-state index contributed by atoms with van der Waals surface area (Å²) in [6.45, 7) is 5.12. The maximum atomic E-state index is 11.8. The molecule has 0 aliphatic carbocycles. The van der Waals surface area contributed by atoms with Crippen molar-refractivity contribution in [3.05, 3.63) is 35.9 Å². The largest absolute Gasteiger partial charge is 0.444 e. The van der Waals surface area contributed by atoms with Gasteiger partial charge < -0.3 is 10.1 Å². The van der Waals surface area contributed by atoms with Crippen LogP contribution in [-0.2, 0) is 25.5 Å². The fourth-order valence-corrected chi connectivity index (χ4v) is 2.14. The van der Waals surface area contributed by atoms with E-state index in [0.29, 0.717) is 6.42 Å². The Morgan fingerprint density at radius 2 is 1.82 bits per heavy atom. The van der Waals surface area contributed by atoms with Crippen LogP contribution in [0.4, 0.5) is 4.79 Å². The van der Waals surface area contributed by atoms with Crippen molar-refractivity contribution in [1.29, 1.82) is 0 Å². The number of rotatable bonds is 6. The zero-order valence-electron chi connectivity index (χ0n) is 13.3. The summed E-state index contributed by atoms with van der Waals surface area (Å²) in [4.78, 5) is 11.8. The van der Waals surface area contributed by atoms with Gasteiger partial charge in [0.05, 0.1) is 18.9 Å². The number of carbonyl (C=O) groups excluding carboxylic acids is 1. The maximum Gasteiger partial charge on any atom is 0.407 e. The molecular formula is C15H23NO5S. The first-order valence-corrected chi connectivity index (χ1v) is 8.75. The predicted octanol–water partition coefficient (Wildman–Crippen LogP) is 2.10. The summed E-state index contributed by atoms with van der Waals surface area (Å²) in [6.07, 6.45) is 0.806. The van der Waals surface area contributed by atoms with E-state index in [0.717, 1.165) is 11.8 Å². The van der Waals surface area contributed by atoms with Crippen LogP contribution in [0.15, 0.2) is 30.3 Å². The molecule has 0 saturated carbocycles. The van der Waals surface area contributed by atoms with Gasteiger partial charge >= 0.3 is 6.09 Å². The van der Waals surface area contributed by atoms with Gasteiger partial charge in [-0.25, -0.2) is 4.79 Å². The molecule has 1 aromatic rings. The van der Waals surface area contributed by atoms with E-state index < -0.39 is 27.9 Å². The Morgan fingerprint density at radius 1 is 1.23 bits per heavy atom. The van der Waals surface area contributed by atoms with Crippen LogP contribution in [0.1, 0.15) is 26.3 Å². The Hall–Kier alpha value is -1.60. The molecule has 0 spiro atoms. The van der Waals surface area contributed by atoms with E-state index in [4.69, 9.17) is 8.92 Å². The third-order valence-electron chi connectivity index (χ3n) is 2.53. The van der Waals surface area contributed by atoms with Crippen molar-refractivity contribution in [2.75, 3.05) is 12.9 Å². The topological polar surface area (TPSA) is 81.7 Å². The van der Waals surface area contributed by atoms with Crippen molar-refractivity contribution < 1.29 is 22.1 Å². The highest BCUT2D eigenvalue weighted by molar-refractivity contribution is 7.85. The van der Waals surface area contributed by atoms with Crippen LogP contribution in [0.25, 0.3) is 0 Å². The summed E-state index contributed by atoms with van der Waals surface area (Å²) in [7, 11) is -3.57. The average molecular weight is 329 g/mol. The number of nitrogens with one attached hydrogen (secondary N) is 1. The number of ether oxygens (including phenoxy) is 1. The quantitative estimate of drug-likeness (QED) is 0.808. The summed E-state index contributed by atoms with van der Waals surface area (Å²) in [5.74, 6) is 0. The third kappa shape index (κ3) is 8.63. The number of benzene rings is 1. The lowest BCUT2D eigenvalue weighted by molar-refractivity contribution is 0.0488. The van der Waals surface area contributed by atoms with Crippen LogP contribution in [0.5, 0.6) is 0 Å². The highest BCUT2D eigenvalue weighted by Crippen LogP contribution is 2.09. The van der Waals surface area contributed by atoms with Crippen LogP contribution in [-0.4, -0.2) is 39.0 Å². The van der Waals surface area contributed by atoms with Gasteiger partial charge in [0.1, 0.15) is 5.60 Å². The third-order valence-corrected chi connectivity index (χ3v) is 3.09. The van der Waals surface area contributed by atoms with E-state index in [-0.39, 0.29) is 6.61 Å². The monoisotopic (exact) mass is 329 g/mol. The second-order valence-electron chi connectivity index (χ2n) is 6.02. The normalized spacial score (nSPS) is 13.5. The molecule has 1 rings (SSSR count). The number of hydrogen-bond donors (Lipinski definition) is 1. The first-order chi connectivity index (χ1) is 10.1. The van der Waals surface area contributed by atoms with Gasteiger partial charge in [0.15, 0.2) is 0 Å². The average Bonchev–Trinajstić information content (AvgIpc) is 2.34. The molecule has 1 atom stereocenters. The van der Waals surface area contributed by atoms with Gasteiger partial charge in [-0.05, 0) is 32.8 Å². The van der Waals surface area contributed by atoms with Crippen molar-refractivity contribution in [2.45, 2.75) is 38.8 Å². The first kappa shape index (κ1) is 18.4. The van der Waals surface area contributed by atoms with Gasteiger partial charge in [-0.3, -0.25) is 4.18 Å². The van der Waals surface area contributed by atoms with Crippen molar-refractivity contribution >= 4 is 16.2 Å². The van der Waals surface area contributed by atoms with E-state index in [1.54, 1.807) is 20.8 Å². The molecule has 0 bridgehead atoms. The molecule has 0 fully saturated rings. The Kier molecular flexibility index (Phi) is 6.37. The molecule has 22 heavy (non-hydrogen) atoms. The Bertz CT molecular complexity index is 578. The number of alkyl carbamates (subject to hydrolysis) is 1. The summed E-state index contributed by atoms with van der Waals surface area (Å²) in [5, 5.41) is 2.64. The van der Waals surface area contributed by atoms with Crippen LogP contribution >= 0.6 is 0 Å². The summed E-state index contributed by atoms with van der Waals surface area (Å²) >= 11 is 0. The molecule has 0 aromatic heterocycles. The molecule has 0 aliphatic rings. The lowest BCUT2D eigenvalue weighted by Gasteiger charge is -2.23. The smallest absolute Gasteiger partial charge is 0.407 e. The number of hydrogen-bond acceptors (Lipinski definition) is 5. The minimum Gasteiger partial charge on any atom is -0.444 e. The maximum absolute atomic E-state index is 11.8. The van der Waals surface area contributed by atoms with Crippen LogP contribution in [0, 0.1) is 0 Å². The highest BCUT2D eigenvalue weighted by Gasteiger charge is 2.21. The van der Waals surface area contributed by atoms with E-state index in [1.807, 2.05) is 30.3 Å². The van der Waals surface area contributed by atoms with Crippen molar-refractivity contribution in [1.82, 2.24) is 5.32 Å². The summed E-state index contributed by atoms with van der Waals surface area (Å²) in [5.41, 5.74) is 0.333. The molecular weight excluding hydrogens is 306 g/mol. The van der Waals surface area contributed by atoms with Crippen molar-refractivity contribution in [2.24, 2.45) is 0 Å². The van der Waals surface area contributed by atoms with E-state index in [9.17, 15) is 13.2 Å². The zero-order valence-corrected chi connectivity index (χ0v) is 14.1. The van der Waals surface area contributed by atoms with Gasteiger partial charge in [0.2, 0.25) is 0 Å². The lowest BCUT2D eigenvalue weighted by Crippen LogP contribution is -2.43. The second-order valence-corrected chi connectivity index (χ2v) is 7.67. The van der Waals surface area contributed by atoms with Crippen LogP contribution in [0.2, 0.25) is 0 Å². The van der Waals surface area contributed by atoms with Gasteiger partial charge in [0, 0.05) is 0 Å². The lowest BCUT2D eigenvalue weighted by atomic mass is 10.1. The number of amides is 1. The molecule has 1 N–H and O–H groups in total. The Labute approximate surface area is 131 Å². The standard InChI is InChI=1S/C15H23NO5S/c1-15(2,3)21-14(17)16-13(11-20-22(4,18)19)10-12-8-6-5-7-9-12/h5-9,13H,10-11H2,1-4H3,(H,16,17). The zero-order chi connectivity index (χ0) is 16.8. The predicted molar refractivity (Wildman–Crippen MR) is 84.1 cm³/mol. The molecule has 7 heteroatoms. The van der Waals surface area contributed by atoms with Crippen molar-refractivity contribution in [3.8, 4) is 0 Å². The van der Waals surface area contributed by atoms with Gasteiger partial charge in [-0.2, -0.15) is 8.42 Å². The molecule has 1 amide bonds. The molecule has 0 radical (unpaired) electrons. The van der Waals surface area contributed by atoms with Crippen LogP contribution in [0.3, 0.4) is 0 Å². The van der Waals surface area contributed by atoms with E-state index in [1.165, 1.54) is 0 Å². The molecule has 1 aromatic carbocycles. The Morgan fingerprint density at radius 3 is 2.32 bits per heavy atom.